The normalized spacial score (nSPS) is 11.1. The molecule has 0 N–H and O–H groups in total. The lowest BCUT2D eigenvalue weighted by Crippen LogP contribution is -1.95. The van der Waals surface area contributed by atoms with Crippen molar-refractivity contribution in [3.63, 3.8) is 0 Å². The summed E-state index contributed by atoms with van der Waals surface area (Å²) < 4.78 is 0. The van der Waals surface area contributed by atoms with Gasteiger partial charge in [-0.1, -0.05) is 56.5 Å². The zero-order valence-electron chi connectivity index (χ0n) is 11.9. The zero-order valence-corrected chi connectivity index (χ0v) is 11.9. The molecule has 96 valence electrons. The van der Waals surface area contributed by atoms with Crippen LogP contribution in [0, 0.1) is 13.8 Å². The van der Waals surface area contributed by atoms with E-state index in [0.29, 0.717) is 0 Å². The molecule has 0 amide bonds. The first-order valence-corrected chi connectivity index (χ1v) is 7.22. The van der Waals surface area contributed by atoms with Crippen LogP contribution in [0.3, 0.4) is 0 Å². The molecule has 0 aliphatic carbocycles. The van der Waals surface area contributed by atoms with E-state index in [9.17, 15) is 0 Å². The van der Waals surface area contributed by atoms with Crippen molar-refractivity contribution in [2.75, 3.05) is 0 Å². The fourth-order valence-electron chi connectivity index (χ4n) is 2.73. The summed E-state index contributed by atoms with van der Waals surface area (Å²) in [5.74, 6) is 0. The summed E-state index contributed by atoms with van der Waals surface area (Å²) >= 11 is 0. The summed E-state index contributed by atoms with van der Waals surface area (Å²) in [6.07, 6.45) is 6.59. The Balaban J connectivity index is 2.31. The number of unbranched alkanes of at least 4 members (excludes halogenated alkanes) is 3. The Labute approximate surface area is 111 Å². The molecule has 0 nitrogen and oxygen atoms in total. The standard InChI is InChI=1S/C18H24/c1-4-5-6-7-11-17-15(3)14(2)13-16-10-8-9-12-18(16)17/h8-10,12-13H,4-7,11H2,1-3H3. The molecule has 0 aliphatic rings. The molecular formula is C18H24. The van der Waals surface area contributed by atoms with Crippen LogP contribution in [0.2, 0.25) is 0 Å². The number of aryl methyl sites for hydroxylation is 2. The zero-order chi connectivity index (χ0) is 13.0. The minimum Gasteiger partial charge on any atom is -0.0654 e. The van der Waals surface area contributed by atoms with E-state index in [-0.39, 0.29) is 0 Å². The van der Waals surface area contributed by atoms with E-state index >= 15 is 0 Å². The summed E-state index contributed by atoms with van der Waals surface area (Å²) in [6, 6.07) is 11.1. The van der Waals surface area contributed by atoms with Gasteiger partial charge in [0.15, 0.2) is 0 Å². The summed E-state index contributed by atoms with van der Waals surface area (Å²) in [4.78, 5) is 0. The molecule has 0 unspecified atom stereocenters. The van der Waals surface area contributed by atoms with Gasteiger partial charge in [-0.25, -0.2) is 0 Å². The second-order valence-corrected chi connectivity index (χ2v) is 5.33. The lowest BCUT2D eigenvalue weighted by atomic mass is 9.92. The van der Waals surface area contributed by atoms with E-state index in [1.54, 1.807) is 5.56 Å². The monoisotopic (exact) mass is 240 g/mol. The topological polar surface area (TPSA) is 0 Å². The van der Waals surface area contributed by atoms with E-state index in [4.69, 9.17) is 0 Å². The molecule has 0 saturated carbocycles. The maximum Gasteiger partial charge on any atom is -0.0149 e. The second-order valence-electron chi connectivity index (χ2n) is 5.33. The van der Waals surface area contributed by atoms with Crippen LogP contribution in [0.25, 0.3) is 10.8 Å². The van der Waals surface area contributed by atoms with Crippen molar-refractivity contribution in [3.8, 4) is 0 Å². The molecule has 0 spiro atoms. The van der Waals surface area contributed by atoms with Gasteiger partial charge in [0.1, 0.15) is 0 Å². The molecular weight excluding hydrogens is 216 g/mol. The summed E-state index contributed by atoms with van der Waals surface area (Å²) in [6.45, 7) is 6.78. The first-order chi connectivity index (χ1) is 8.74. The van der Waals surface area contributed by atoms with E-state index < -0.39 is 0 Å². The number of hydrogen-bond acceptors (Lipinski definition) is 0. The van der Waals surface area contributed by atoms with Crippen LogP contribution >= 0.6 is 0 Å². The summed E-state index contributed by atoms with van der Waals surface area (Å²) in [5.41, 5.74) is 4.49. The quantitative estimate of drug-likeness (QED) is 0.598. The van der Waals surface area contributed by atoms with Gasteiger partial charge >= 0.3 is 0 Å². The molecule has 2 aromatic rings. The van der Waals surface area contributed by atoms with Gasteiger partial charge in [0.2, 0.25) is 0 Å². The highest BCUT2D eigenvalue weighted by Gasteiger charge is 2.07. The van der Waals surface area contributed by atoms with Gasteiger partial charge in [0.25, 0.3) is 0 Å². The number of fused-ring (bicyclic) bond motifs is 1. The number of hydrogen-bond donors (Lipinski definition) is 0. The lowest BCUT2D eigenvalue weighted by Gasteiger charge is -2.13. The van der Waals surface area contributed by atoms with Gasteiger partial charge in [0.05, 0.1) is 0 Å². The fraction of sp³-hybridized carbons (Fsp3) is 0.444. The molecule has 0 aliphatic heterocycles. The summed E-state index contributed by atoms with van der Waals surface area (Å²) in [7, 11) is 0. The fourth-order valence-corrected chi connectivity index (χ4v) is 2.73. The first kappa shape index (κ1) is 13.1. The Morgan fingerprint density at radius 1 is 0.944 bits per heavy atom. The third kappa shape index (κ3) is 2.75. The third-order valence-corrected chi connectivity index (χ3v) is 3.98. The van der Waals surface area contributed by atoms with Crippen molar-refractivity contribution in [2.24, 2.45) is 0 Å². The molecule has 0 heterocycles. The van der Waals surface area contributed by atoms with Crippen LogP contribution in [-0.4, -0.2) is 0 Å². The molecule has 0 aromatic heterocycles. The molecule has 18 heavy (non-hydrogen) atoms. The minimum atomic E-state index is 1.23. The number of rotatable bonds is 5. The Morgan fingerprint density at radius 3 is 2.50 bits per heavy atom. The predicted molar refractivity (Wildman–Crippen MR) is 81.3 cm³/mol. The molecule has 0 fully saturated rings. The maximum absolute atomic E-state index is 2.32. The van der Waals surface area contributed by atoms with Crippen molar-refractivity contribution in [1.29, 1.82) is 0 Å². The average molecular weight is 240 g/mol. The van der Waals surface area contributed by atoms with E-state index in [0.717, 1.165) is 0 Å². The van der Waals surface area contributed by atoms with Crippen LogP contribution in [0.15, 0.2) is 30.3 Å². The maximum atomic E-state index is 2.32. The lowest BCUT2D eigenvalue weighted by molar-refractivity contribution is 0.667. The van der Waals surface area contributed by atoms with Crippen molar-refractivity contribution < 1.29 is 0 Å². The van der Waals surface area contributed by atoms with Gasteiger partial charge in [-0.2, -0.15) is 0 Å². The molecule has 0 bridgehead atoms. The van der Waals surface area contributed by atoms with Gasteiger partial charge in [-0.15, -0.1) is 0 Å². The Bertz CT molecular complexity index is 523. The van der Waals surface area contributed by atoms with Crippen molar-refractivity contribution in [3.05, 3.63) is 47.0 Å². The first-order valence-electron chi connectivity index (χ1n) is 7.22. The smallest absolute Gasteiger partial charge is 0.0149 e. The molecule has 0 atom stereocenters. The second kappa shape index (κ2) is 6.04. The SMILES string of the molecule is CCCCCCc1c(C)c(C)cc2ccccc12. The molecule has 0 saturated heterocycles. The van der Waals surface area contributed by atoms with Crippen LogP contribution < -0.4 is 0 Å². The largest absolute Gasteiger partial charge is 0.0654 e. The van der Waals surface area contributed by atoms with Crippen molar-refractivity contribution in [2.45, 2.75) is 52.9 Å². The highest BCUT2D eigenvalue weighted by atomic mass is 14.1. The van der Waals surface area contributed by atoms with Gasteiger partial charge in [-0.3, -0.25) is 0 Å². The highest BCUT2D eigenvalue weighted by molar-refractivity contribution is 5.87. The van der Waals surface area contributed by atoms with Gasteiger partial charge in [-0.05, 0) is 54.2 Å². The van der Waals surface area contributed by atoms with E-state index in [1.165, 1.54) is 54.0 Å². The van der Waals surface area contributed by atoms with Crippen molar-refractivity contribution >= 4 is 10.8 Å². The Hall–Kier alpha value is -1.30. The predicted octanol–water partition coefficient (Wildman–Crippen LogP) is 5.58. The average Bonchev–Trinajstić information content (AvgIpc) is 2.38. The van der Waals surface area contributed by atoms with Crippen molar-refractivity contribution in [1.82, 2.24) is 0 Å². The van der Waals surface area contributed by atoms with Crippen LogP contribution in [0.5, 0.6) is 0 Å². The molecule has 2 aromatic carbocycles. The van der Waals surface area contributed by atoms with Gasteiger partial charge in [0, 0.05) is 0 Å². The Morgan fingerprint density at radius 2 is 1.72 bits per heavy atom. The molecule has 2 rings (SSSR count). The third-order valence-electron chi connectivity index (χ3n) is 3.98. The van der Waals surface area contributed by atoms with Crippen LogP contribution in [0.4, 0.5) is 0 Å². The number of benzene rings is 2. The molecule has 0 radical (unpaired) electrons. The van der Waals surface area contributed by atoms with E-state index in [2.05, 4.69) is 51.1 Å². The minimum absolute atomic E-state index is 1.23. The highest BCUT2D eigenvalue weighted by Crippen LogP contribution is 2.26. The van der Waals surface area contributed by atoms with E-state index in [1.807, 2.05) is 0 Å². The van der Waals surface area contributed by atoms with Crippen LogP contribution in [0.1, 0.15) is 49.3 Å². The van der Waals surface area contributed by atoms with Crippen LogP contribution in [-0.2, 0) is 6.42 Å². The summed E-state index contributed by atoms with van der Waals surface area (Å²) in [5, 5.41) is 2.85. The van der Waals surface area contributed by atoms with Gasteiger partial charge < -0.3 is 0 Å². The molecule has 0 heteroatoms. The Kier molecular flexibility index (Phi) is 4.41.